The van der Waals surface area contributed by atoms with Crippen LogP contribution in [-0.4, -0.2) is 38.8 Å². The summed E-state index contributed by atoms with van der Waals surface area (Å²) in [5.41, 5.74) is 0. The summed E-state index contributed by atoms with van der Waals surface area (Å²) in [5, 5.41) is 4.83. The summed E-state index contributed by atoms with van der Waals surface area (Å²) in [4.78, 5) is 7.41. The van der Waals surface area contributed by atoms with Crippen molar-refractivity contribution in [3.8, 4) is 0 Å². The zero-order valence-corrected chi connectivity index (χ0v) is 12.5. The van der Waals surface area contributed by atoms with E-state index in [1.165, 1.54) is 38.1 Å². The molecule has 0 bridgehead atoms. The highest BCUT2D eigenvalue weighted by atomic mass is 15.4. The molecule has 2 unspecified atom stereocenters. The maximum atomic E-state index is 4.84. The van der Waals surface area contributed by atoms with Gasteiger partial charge in [-0.05, 0) is 53.0 Å². The molecule has 1 saturated heterocycles. The van der Waals surface area contributed by atoms with Crippen LogP contribution >= 0.6 is 0 Å². The van der Waals surface area contributed by atoms with Crippen molar-refractivity contribution in [1.82, 2.24) is 19.7 Å². The van der Waals surface area contributed by atoms with Gasteiger partial charge in [-0.2, -0.15) is 5.10 Å². The van der Waals surface area contributed by atoms with Gasteiger partial charge in [0.25, 0.3) is 0 Å². The molecular weight excluding hydrogens is 236 g/mol. The molecule has 0 saturated carbocycles. The largest absolute Gasteiger partial charge is 0.300 e. The second-order valence-electron chi connectivity index (χ2n) is 6.50. The Morgan fingerprint density at radius 1 is 1.21 bits per heavy atom. The van der Waals surface area contributed by atoms with E-state index in [4.69, 9.17) is 10.1 Å². The van der Waals surface area contributed by atoms with Crippen molar-refractivity contribution in [3.63, 3.8) is 0 Å². The fourth-order valence-corrected chi connectivity index (χ4v) is 3.43. The number of hydrogen-bond acceptors (Lipinski definition) is 3. The van der Waals surface area contributed by atoms with E-state index in [0.717, 1.165) is 18.8 Å². The molecule has 0 radical (unpaired) electrons. The standard InChI is InChI=1S/C15H26N4/c1-11(2)18-9-5-7-13(10-18)15-16-14-8-4-6-12(3)19(14)17-15/h11-13H,4-10H2,1-3H3. The SMILES string of the molecule is CC(C)N1CCCC(c2nc3n(n2)C(C)CCC3)C1. The minimum atomic E-state index is 0.537. The van der Waals surface area contributed by atoms with Crippen molar-refractivity contribution >= 4 is 0 Å². The number of likely N-dealkylation sites (tertiary alicyclic amines) is 1. The van der Waals surface area contributed by atoms with E-state index in [-0.39, 0.29) is 0 Å². The van der Waals surface area contributed by atoms with Crippen LogP contribution < -0.4 is 0 Å². The molecule has 0 N–H and O–H groups in total. The van der Waals surface area contributed by atoms with Crippen LogP contribution in [0.15, 0.2) is 0 Å². The minimum absolute atomic E-state index is 0.537. The molecule has 3 heterocycles. The Hall–Kier alpha value is -0.900. The number of nitrogens with zero attached hydrogens (tertiary/aromatic N) is 4. The molecule has 1 aromatic rings. The van der Waals surface area contributed by atoms with Gasteiger partial charge in [0.05, 0.1) is 6.04 Å². The molecule has 0 amide bonds. The summed E-state index contributed by atoms with van der Waals surface area (Å²) in [7, 11) is 0. The maximum absolute atomic E-state index is 4.84. The van der Waals surface area contributed by atoms with Crippen molar-refractivity contribution in [2.75, 3.05) is 13.1 Å². The average Bonchev–Trinajstić information content (AvgIpc) is 2.84. The van der Waals surface area contributed by atoms with Crippen LogP contribution in [0.1, 0.15) is 70.1 Å². The van der Waals surface area contributed by atoms with Crippen LogP contribution in [0.5, 0.6) is 0 Å². The lowest BCUT2D eigenvalue weighted by Crippen LogP contribution is -2.39. The molecule has 1 aromatic heterocycles. The normalized spacial score (nSPS) is 28.6. The Labute approximate surface area is 116 Å². The quantitative estimate of drug-likeness (QED) is 0.822. The van der Waals surface area contributed by atoms with Gasteiger partial charge in [-0.25, -0.2) is 9.67 Å². The minimum Gasteiger partial charge on any atom is -0.300 e. The fourth-order valence-electron chi connectivity index (χ4n) is 3.43. The topological polar surface area (TPSA) is 34.0 Å². The first-order chi connectivity index (χ1) is 9.15. The Kier molecular flexibility index (Phi) is 3.61. The predicted octanol–water partition coefficient (Wildman–Crippen LogP) is 2.76. The van der Waals surface area contributed by atoms with Crippen molar-refractivity contribution in [3.05, 3.63) is 11.6 Å². The van der Waals surface area contributed by atoms with E-state index in [1.807, 2.05) is 0 Å². The number of piperidine rings is 1. The molecule has 4 heteroatoms. The van der Waals surface area contributed by atoms with E-state index in [2.05, 4.69) is 30.4 Å². The van der Waals surface area contributed by atoms with Crippen molar-refractivity contribution in [2.45, 2.75) is 70.9 Å². The first-order valence-electron chi connectivity index (χ1n) is 7.84. The zero-order chi connectivity index (χ0) is 13.4. The second-order valence-corrected chi connectivity index (χ2v) is 6.50. The summed E-state index contributed by atoms with van der Waals surface area (Å²) in [6.45, 7) is 9.21. The molecular formula is C15H26N4. The Balaban J connectivity index is 1.78. The van der Waals surface area contributed by atoms with Gasteiger partial charge in [0.2, 0.25) is 0 Å². The zero-order valence-electron chi connectivity index (χ0n) is 12.5. The number of rotatable bonds is 2. The number of aromatic nitrogens is 3. The summed E-state index contributed by atoms with van der Waals surface area (Å²) in [6, 6.07) is 1.17. The van der Waals surface area contributed by atoms with Crippen molar-refractivity contribution < 1.29 is 0 Å². The van der Waals surface area contributed by atoms with E-state index in [1.54, 1.807) is 0 Å². The third-order valence-corrected chi connectivity index (χ3v) is 4.71. The Morgan fingerprint density at radius 3 is 2.79 bits per heavy atom. The van der Waals surface area contributed by atoms with Crippen molar-refractivity contribution in [1.29, 1.82) is 0 Å². The summed E-state index contributed by atoms with van der Waals surface area (Å²) in [5.74, 6) is 2.87. The summed E-state index contributed by atoms with van der Waals surface area (Å²) < 4.78 is 2.19. The van der Waals surface area contributed by atoms with Crippen LogP contribution in [-0.2, 0) is 6.42 Å². The highest BCUT2D eigenvalue weighted by molar-refractivity contribution is 5.04. The number of hydrogen-bond donors (Lipinski definition) is 0. The number of aryl methyl sites for hydroxylation is 1. The second kappa shape index (κ2) is 5.23. The third kappa shape index (κ3) is 2.55. The highest BCUT2D eigenvalue weighted by Gasteiger charge is 2.28. The first-order valence-corrected chi connectivity index (χ1v) is 7.84. The molecule has 0 aliphatic carbocycles. The lowest BCUT2D eigenvalue weighted by atomic mass is 9.96. The molecule has 0 spiro atoms. The van der Waals surface area contributed by atoms with Crippen LogP contribution in [0.2, 0.25) is 0 Å². The van der Waals surface area contributed by atoms with Crippen LogP contribution in [0.4, 0.5) is 0 Å². The molecule has 106 valence electrons. The monoisotopic (exact) mass is 262 g/mol. The molecule has 2 aliphatic heterocycles. The van der Waals surface area contributed by atoms with Gasteiger partial charge in [0, 0.05) is 24.9 Å². The van der Waals surface area contributed by atoms with Gasteiger partial charge in [0.1, 0.15) is 5.82 Å². The molecule has 2 atom stereocenters. The predicted molar refractivity (Wildman–Crippen MR) is 76.4 cm³/mol. The fraction of sp³-hybridized carbons (Fsp3) is 0.867. The number of fused-ring (bicyclic) bond motifs is 1. The van der Waals surface area contributed by atoms with Gasteiger partial charge >= 0.3 is 0 Å². The van der Waals surface area contributed by atoms with Crippen molar-refractivity contribution in [2.24, 2.45) is 0 Å². The first kappa shape index (κ1) is 13.1. The smallest absolute Gasteiger partial charge is 0.155 e. The Bertz CT molecular complexity index is 437. The molecule has 1 fully saturated rings. The summed E-state index contributed by atoms with van der Waals surface area (Å²) in [6.07, 6.45) is 6.15. The average molecular weight is 262 g/mol. The highest BCUT2D eigenvalue weighted by Crippen LogP contribution is 2.29. The van der Waals surface area contributed by atoms with E-state index >= 15 is 0 Å². The van der Waals surface area contributed by atoms with Gasteiger partial charge < -0.3 is 4.90 Å². The molecule has 0 aromatic carbocycles. The van der Waals surface area contributed by atoms with Gasteiger partial charge in [-0.3, -0.25) is 0 Å². The van der Waals surface area contributed by atoms with Gasteiger partial charge in [0.15, 0.2) is 5.82 Å². The maximum Gasteiger partial charge on any atom is 0.155 e. The lowest BCUT2D eigenvalue weighted by Gasteiger charge is -2.34. The van der Waals surface area contributed by atoms with E-state index in [9.17, 15) is 0 Å². The summed E-state index contributed by atoms with van der Waals surface area (Å²) >= 11 is 0. The lowest BCUT2D eigenvalue weighted by molar-refractivity contribution is 0.164. The van der Waals surface area contributed by atoms with Crippen LogP contribution in [0.3, 0.4) is 0 Å². The third-order valence-electron chi connectivity index (χ3n) is 4.71. The molecule has 2 aliphatic rings. The Morgan fingerprint density at radius 2 is 2.05 bits per heavy atom. The van der Waals surface area contributed by atoms with Crippen LogP contribution in [0.25, 0.3) is 0 Å². The van der Waals surface area contributed by atoms with E-state index in [0.29, 0.717) is 18.0 Å². The van der Waals surface area contributed by atoms with Gasteiger partial charge in [-0.15, -0.1) is 0 Å². The van der Waals surface area contributed by atoms with Crippen LogP contribution in [0, 0.1) is 0 Å². The van der Waals surface area contributed by atoms with E-state index < -0.39 is 0 Å². The molecule has 3 rings (SSSR count). The molecule has 19 heavy (non-hydrogen) atoms. The molecule has 4 nitrogen and oxygen atoms in total. The van der Waals surface area contributed by atoms with Gasteiger partial charge in [-0.1, -0.05) is 0 Å².